The normalized spacial score (nSPS) is 18.0. The summed E-state index contributed by atoms with van der Waals surface area (Å²) in [6.07, 6.45) is 1.61. The highest BCUT2D eigenvalue weighted by molar-refractivity contribution is 9.10. The highest BCUT2D eigenvalue weighted by atomic mass is 79.9. The number of sulfonamides is 1. The minimum atomic E-state index is -3.73. The summed E-state index contributed by atoms with van der Waals surface area (Å²) in [7, 11) is -3.73. The summed E-state index contributed by atoms with van der Waals surface area (Å²) >= 11 is 16.2. The van der Waals surface area contributed by atoms with Crippen LogP contribution in [0.2, 0.25) is 8.67 Å². The molecule has 21 heavy (non-hydrogen) atoms. The van der Waals surface area contributed by atoms with Crippen molar-refractivity contribution in [3.05, 3.63) is 48.5 Å². The van der Waals surface area contributed by atoms with Crippen molar-refractivity contribution in [2.24, 2.45) is 0 Å². The summed E-state index contributed by atoms with van der Waals surface area (Å²) in [5.41, 5.74) is 2.20. The van der Waals surface area contributed by atoms with Gasteiger partial charge in [-0.05, 0) is 39.9 Å². The second-order valence-electron chi connectivity index (χ2n) is 4.70. The van der Waals surface area contributed by atoms with Crippen molar-refractivity contribution in [1.82, 2.24) is 4.72 Å². The van der Waals surface area contributed by atoms with Crippen LogP contribution in [0.15, 0.2) is 33.6 Å². The molecule has 112 valence electrons. The van der Waals surface area contributed by atoms with Crippen LogP contribution in [-0.4, -0.2) is 8.42 Å². The molecule has 3 nitrogen and oxygen atoms in total. The number of hydrogen-bond acceptors (Lipinski definition) is 3. The zero-order valence-corrected chi connectivity index (χ0v) is 15.3. The van der Waals surface area contributed by atoms with E-state index < -0.39 is 10.0 Å². The van der Waals surface area contributed by atoms with E-state index in [1.54, 1.807) is 0 Å². The van der Waals surface area contributed by atoms with Gasteiger partial charge < -0.3 is 0 Å². The van der Waals surface area contributed by atoms with E-state index in [0.29, 0.717) is 8.81 Å². The standard InChI is InChI=1S/C13H10BrCl2NO2S2/c14-10-11(13(16)20-12(10)15)21(18,19)17-9-6-5-7-3-1-2-4-8(7)9/h1-4,9,17H,5-6H2. The predicted molar refractivity (Wildman–Crippen MR) is 89.9 cm³/mol. The molecule has 3 rings (SSSR count). The topological polar surface area (TPSA) is 46.2 Å². The fourth-order valence-electron chi connectivity index (χ4n) is 2.49. The van der Waals surface area contributed by atoms with Crippen molar-refractivity contribution in [3.63, 3.8) is 0 Å². The van der Waals surface area contributed by atoms with Crippen molar-refractivity contribution in [3.8, 4) is 0 Å². The Morgan fingerprint density at radius 2 is 1.95 bits per heavy atom. The highest BCUT2D eigenvalue weighted by Gasteiger charge is 2.31. The molecule has 2 aromatic rings. The number of rotatable bonds is 3. The molecule has 1 aliphatic rings. The Morgan fingerprint density at radius 1 is 1.24 bits per heavy atom. The van der Waals surface area contributed by atoms with E-state index in [1.807, 2.05) is 24.3 Å². The van der Waals surface area contributed by atoms with E-state index in [2.05, 4.69) is 20.7 Å². The van der Waals surface area contributed by atoms with Crippen LogP contribution in [-0.2, 0) is 16.4 Å². The predicted octanol–water partition coefficient (Wildman–Crippen LogP) is 4.78. The van der Waals surface area contributed by atoms with Gasteiger partial charge in [0.25, 0.3) is 0 Å². The lowest BCUT2D eigenvalue weighted by Crippen LogP contribution is -2.27. The Labute approximate surface area is 145 Å². The molecule has 1 aromatic carbocycles. The number of fused-ring (bicyclic) bond motifs is 1. The summed E-state index contributed by atoms with van der Waals surface area (Å²) in [5, 5.41) is 0. The van der Waals surface area contributed by atoms with Crippen LogP contribution in [0.4, 0.5) is 0 Å². The summed E-state index contributed by atoms with van der Waals surface area (Å²) in [6, 6.07) is 7.62. The Bertz CT molecular complexity index is 804. The Hall–Kier alpha value is -0.110. The monoisotopic (exact) mass is 425 g/mol. The van der Waals surface area contributed by atoms with Crippen LogP contribution in [0, 0.1) is 0 Å². The summed E-state index contributed by atoms with van der Waals surface area (Å²) in [6.45, 7) is 0. The molecule has 1 aliphatic carbocycles. The number of hydrogen-bond donors (Lipinski definition) is 1. The molecular weight excluding hydrogens is 417 g/mol. The van der Waals surface area contributed by atoms with E-state index in [1.165, 1.54) is 5.56 Å². The molecule has 0 spiro atoms. The van der Waals surface area contributed by atoms with Gasteiger partial charge in [0.2, 0.25) is 10.0 Å². The molecule has 1 heterocycles. The SMILES string of the molecule is O=S(=O)(NC1CCc2ccccc21)c1c(Cl)sc(Cl)c1Br. The maximum atomic E-state index is 12.6. The Balaban J connectivity index is 1.95. The van der Waals surface area contributed by atoms with Crippen molar-refractivity contribution >= 4 is 60.5 Å². The number of benzene rings is 1. The minimum absolute atomic E-state index is 0.0172. The fourth-order valence-corrected chi connectivity index (χ4v) is 7.30. The van der Waals surface area contributed by atoms with E-state index in [9.17, 15) is 8.42 Å². The number of halogens is 3. The Morgan fingerprint density at radius 3 is 2.62 bits per heavy atom. The third kappa shape index (κ3) is 2.90. The molecule has 1 N–H and O–H groups in total. The maximum Gasteiger partial charge on any atom is 0.244 e. The molecule has 0 saturated carbocycles. The van der Waals surface area contributed by atoms with E-state index in [4.69, 9.17) is 23.2 Å². The lowest BCUT2D eigenvalue weighted by atomic mass is 10.1. The van der Waals surface area contributed by atoms with Gasteiger partial charge in [-0.1, -0.05) is 47.5 Å². The highest BCUT2D eigenvalue weighted by Crippen LogP contribution is 2.43. The first kappa shape index (κ1) is 15.8. The van der Waals surface area contributed by atoms with Crippen LogP contribution in [0.1, 0.15) is 23.6 Å². The van der Waals surface area contributed by atoms with Gasteiger partial charge in [-0.3, -0.25) is 0 Å². The molecule has 0 saturated heterocycles. The molecule has 0 fully saturated rings. The molecule has 0 bridgehead atoms. The van der Waals surface area contributed by atoms with Gasteiger partial charge in [0, 0.05) is 6.04 Å². The number of nitrogens with one attached hydrogen (secondary N) is 1. The third-order valence-electron chi connectivity index (χ3n) is 3.43. The van der Waals surface area contributed by atoms with Crippen LogP contribution < -0.4 is 4.72 Å². The number of thiophene rings is 1. The average Bonchev–Trinajstić information content (AvgIpc) is 2.92. The van der Waals surface area contributed by atoms with Crippen molar-refractivity contribution < 1.29 is 8.42 Å². The van der Waals surface area contributed by atoms with Gasteiger partial charge in [0.1, 0.15) is 13.6 Å². The van der Waals surface area contributed by atoms with Gasteiger partial charge in [-0.15, -0.1) is 11.3 Å². The third-order valence-corrected chi connectivity index (χ3v) is 8.36. The van der Waals surface area contributed by atoms with E-state index in [0.717, 1.165) is 29.7 Å². The second kappa shape index (κ2) is 5.83. The van der Waals surface area contributed by atoms with Crippen LogP contribution in [0.25, 0.3) is 0 Å². The van der Waals surface area contributed by atoms with Crippen molar-refractivity contribution in [2.45, 2.75) is 23.8 Å². The van der Waals surface area contributed by atoms with Gasteiger partial charge in [0.15, 0.2) is 0 Å². The number of aryl methyl sites for hydroxylation is 1. The molecule has 0 amide bonds. The maximum absolute atomic E-state index is 12.6. The average molecular weight is 427 g/mol. The van der Waals surface area contributed by atoms with Gasteiger partial charge in [-0.2, -0.15) is 0 Å². The fraction of sp³-hybridized carbons (Fsp3) is 0.231. The van der Waals surface area contributed by atoms with Crippen LogP contribution in [0.3, 0.4) is 0 Å². The lowest BCUT2D eigenvalue weighted by molar-refractivity contribution is 0.554. The van der Waals surface area contributed by atoms with Crippen molar-refractivity contribution in [2.75, 3.05) is 0 Å². The smallest absolute Gasteiger partial charge is 0.207 e. The first-order valence-electron chi connectivity index (χ1n) is 6.13. The lowest BCUT2D eigenvalue weighted by Gasteiger charge is -2.14. The molecule has 8 heteroatoms. The first-order valence-corrected chi connectivity index (χ1v) is 9.98. The summed E-state index contributed by atoms with van der Waals surface area (Å²) in [5.74, 6) is 0. The second-order valence-corrected chi connectivity index (χ2v) is 9.37. The largest absolute Gasteiger partial charge is 0.244 e. The van der Waals surface area contributed by atoms with Gasteiger partial charge in [0.05, 0.1) is 4.47 Å². The summed E-state index contributed by atoms with van der Waals surface area (Å²) < 4.78 is 28.7. The Kier molecular flexibility index (Phi) is 4.38. The molecule has 0 radical (unpaired) electrons. The first-order chi connectivity index (χ1) is 9.90. The van der Waals surface area contributed by atoms with Crippen LogP contribution in [0.5, 0.6) is 0 Å². The molecular formula is C13H10BrCl2NO2S2. The zero-order valence-electron chi connectivity index (χ0n) is 10.6. The summed E-state index contributed by atoms with van der Waals surface area (Å²) in [4.78, 5) is 0.0172. The zero-order chi connectivity index (χ0) is 15.2. The van der Waals surface area contributed by atoms with Crippen LogP contribution >= 0.6 is 50.5 Å². The molecule has 0 aliphatic heterocycles. The van der Waals surface area contributed by atoms with Crippen molar-refractivity contribution in [1.29, 1.82) is 0 Å². The van der Waals surface area contributed by atoms with Gasteiger partial charge >= 0.3 is 0 Å². The molecule has 1 aromatic heterocycles. The quantitative estimate of drug-likeness (QED) is 0.767. The van der Waals surface area contributed by atoms with Gasteiger partial charge in [-0.25, -0.2) is 13.1 Å². The van der Waals surface area contributed by atoms with E-state index >= 15 is 0 Å². The molecule has 1 unspecified atom stereocenters. The molecule has 1 atom stereocenters. The minimum Gasteiger partial charge on any atom is -0.207 e. The van der Waals surface area contributed by atoms with E-state index in [-0.39, 0.29) is 15.3 Å².